The molecule has 3 N–H and O–H groups in total. The van der Waals surface area contributed by atoms with Crippen LogP contribution in [0, 0.1) is 0 Å². The summed E-state index contributed by atoms with van der Waals surface area (Å²) in [6, 6.07) is 11.7. The smallest absolute Gasteiger partial charge is 0.273 e. The topological polar surface area (TPSA) is 91.2 Å². The maximum absolute atomic E-state index is 11.8. The quantitative estimate of drug-likeness (QED) is 0.550. The van der Waals surface area contributed by atoms with E-state index in [0.29, 0.717) is 15.6 Å². The van der Waals surface area contributed by atoms with Gasteiger partial charge in [0.2, 0.25) is 0 Å². The van der Waals surface area contributed by atoms with Gasteiger partial charge < -0.3 is 14.9 Å². The van der Waals surface area contributed by atoms with Gasteiger partial charge in [0.25, 0.3) is 5.91 Å². The third-order valence-corrected chi connectivity index (χ3v) is 3.63. The van der Waals surface area contributed by atoms with Crippen LogP contribution in [-0.2, 0) is 4.79 Å². The van der Waals surface area contributed by atoms with E-state index in [-0.39, 0.29) is 11.5 Å². The van der Waals surface area contributed by atoms with Gasteiger partial charge in [0.1, 0.15) is 0 Å². The molecule has 0 heterocycles. The van der Waals surface area contributed by atoms with Gasteiger partial charge in [-0.2, -0.15) is 5.10 Å². The van der Waals surface area contributed by atoms with Crippen molar-refractivity contribution in [2.45, 2.75) is 6.10 Å². The van der Waals surface area contributed by atoms with Crippen LogP contribution in [0.5, 0.6) is 11.5 Å². The van der Waals surface area contributed by atoms with Gasteiger partial charge in [-0.25, -0.2) is 5.43 Å². The van der Waals surface area contributed by atoms with Crippen LogP contribution in [-0.4, -0.2) is 29.4 Å². The zero-order valence-electron chi connectivity index (χ0n) is 12.2. The normalized spacial score (nSPS) is 12.1. The fourth-order valence-corrected chi connectivity index (χ4v) is 2.30. The summed E-state index contributed by atoms with van der Waals surface area (Å²) in [5.74, 6) is -0.387. The molecule has 0 radical (unpaired) electrons. The fourth-order valence-electron chi connectivity index (χ4n) is 1.84. The number of aliphatic hydroxyl groups is 1. The highest BCUT2D eigenvalue weighted by atomic mass is 79.9. The monoisotopic (exact) mass is 378 g/mol. The molecule has 23 heavy (non-hydrogen) atoms. The van der Waals surface area contributed by atoms with Crippen LogP contribution in [0.1, 0.15) is 17.2 Å². The number of hydrogen-bond donors (Lipinski definition) is 3. The molecule has 2 rings (SSSR count). The van der Waals surface area contributed by atoms with Crippen LogP contribution in [0.3, 0.4) is 0 Å². The summed E-state index contributed by atoms with van der Waals surface area (Å²) in [6.45, 7) is 0. The van der Waals surface area contributed by atoms with Crippen LogP contribution in [0.4, 0.5) is 0 Å². The number of aromatic hydroxyl groups is 1. The van der Waals surface area contributed by atoms with Gasteiger partial charge in [0, 0.05) is 0 Å². The lowest BCUT2D eigenvalue weighted by molar-refractivity contribution is -0.129. The van der Waals surface area contributed by atoms with Gasteiger partial charge in [-0.3, -0.25) is 4.79 Å². The van der Waals surface area contributed by atoms with Crippen molar-refractivity contribution >= 4 is 28.1 Å². The highest BCUT2D eigenvalue weighted by Crippen LogP contribution is 2.34. The first-order valence-electron chi connectivity index (χ1n) is 6.65. The predicted octanol–water partition coefficient (Wildman–Crippen LogP) is 2.35. The molecule has 0 aliphatic rings. The van der Waals surface area contributed by atoms with Crippen LogP contribution < -0.4 is 10.2 Å². The average molecular weight is 379 g/mol. The first kappa shape index (κ1) is 17.0. The van der Waals surface area contributed by atoms with Crippen LogP contribution in [0.15, 0.2) is 52.0 Å². The average Bonchev–Trinajstić information content (AvgIpc) is 2.57. The van der Waals surface area contributed by atoms with Crippen molar-refractivity contribution in [1.82, 2.24) is 5.43 Å². The Labute approximate surface area is 141 Å². The molecule has 0 saturated carbocycles. The standard InChI is InChI=1S/C16H15BrN2O4/c1-23-13-8-10(7-12(17)15(13)21)9-18-19-16(22)14(20)11-5-3-2-4-6-11/h2-9,14,20-21H,1H3,(H,19,22)/b18-9-/t14-/m0/s1. The maximum Gasteiger partial charge on any atom is 0.273 e. The summed E-state index contributed by atoms with van der Waals surface area (Å²) in [7, 11) is 1.43. The number of nitrogens with zero attached hydrogens (tertiary/aromatic N) is 1. The SMILES string of the molecule is COc1cc(/C=N\NC(=O)[C@@H](O)c2ccccc2)cc(Br)c1O. The number of halogens is 1. The summed E-state index contributed by atoms with van der Waals surface area (Å²) in [5, 5.41) is 23.4. The molecular formula is C16H15BrN2O4. The van der Waals surface area contributed by atoms with Gasteiger partial charge in [-0.15, -0.1) is 0 Å². The molecule has 0 saturated heterocycles. The van der Waals surface area contributed by atoms with E-state index in [1.165, 1.54) is 13.3 Å². The number of phenols is 1. The number of carbonyl (C=O) groups is 1. The van der Waals surface area contributed by atoms with E-state index >= 15 is 0 Å². The summed E-state index contributed by atoms with van der Waals surface area (Å²) >= 11 is 3.19. The van der Waals surface area contributed by atoms with Gasteiger partial charge in [0.15, 0.2) is 17.6 Å². The molecule has 0 aliphatic heterocycles. The number of hydrogen-bond acceptors (Lipinski definition) is 5. The Kier molecular flexibility index (Phi) is 5.72. The van der Waals surface area contributed by atoms with E-state index in [9.17, 15) is 15.0 Å². The minimum absolute atomic E-state index is 0.0202. The molecule has 0 aromatic heterocycles. The molecular weight excluding hydrogens is 364 g/mol. The van der Waals surface area contributed by atoms with Crippen LogP contribution >= 0.6 is 15.9 Å². The van der Waals surface area contributed by atoms with Gasteiger partial charge >= 0.3 is 0 Å². The molecule has 0 spiro atoms. The Bertz CT molecular complexity index is 720. The van der Waals surface area contributed by atoms with Crippen molar-refractivity contribution in [1.29, 1.82) is 0 Å². The van der Waals surface area contributed by atoms with E-state index in [2.05, 4.69) is 26.5 Å². The number of amides is 1. The summed E-state index contributed by atoms with van der Waals surface area (Å²) in [4.78, 5) is 11.8. The first-order chi connectivity index (χ1) is 11.0. The Morgan fingerprint density at radius 3 is 2.70 bits per heavy atom. The third kappa shape index (κ3) is 4.30. The second kappa shape index (κ2) is 7.75. The van der Waals surface area contributed by atoms with Gasteiger partial charge in [0.05, 0.1) is 17.8 Å². The summed E-state index contributed by atoms with van der Waals surface area (Å²) < 4.78 is 5.46. The highest BCUT2D eigenvalue weighted by Gasteiger charge is 2.16. The third-order valence-electron chi connectivity index (χ3n) is 3.02. The molecule has 7 heteroatoms. The minimum atomic E-state index is -1.30. The lowest BCUT2D eigenvalue weighted by Gasteiger charge is -2.09. The minimum Gasteiger partial charge on any atom is -0.503 e. The lowest BCUT2D eigenvalue weighted by atomic mass is 10.1. The Morgan fingerprint density at radius 1 is 1.35 bits per heavy atom. The first-order valence-corrected chi connectivity index (χ1v) is 7.44. The number of aliphatic hydroxyl groups excluding tert-OH is 1. The van der Waals surface area contributed by atoms with Gasteiger partial charge in [-0.05, 0) is 39.2 Å². The van der Waals surface area contributed by atoms with Crippen molar-refractivity contribution in [3.05, 3.63) is 58.1 Å². The number of benzene rings is 2. The number of carbonyl (C=O) groups excluding carboxylic acids is 1. The molecule has 2 aromatic rings. The molecule has 2 aromatic carbocycles. The van der Waals surface area contributed by atoms with Crippen molar-refractivity contribution in [3.8, 4) is 11.5 Å². The fraction of sp³-hybridized carbons (Fsp3) is 0.125. The van der Waals surface area contributed by atoms with Gasteiger partial charge in [-0.1, -0.05) is 30.3 Å². The summed E-state index contributed by atoms with van der Waals surface area (Å²) in [6.07, 6.45) is 0.0805. The van der Waals surface area contributed by atoms with Crippen molar-refractivity contribution in [2.24, 2.45) is 5.10 Å². The van der Waals surface area contributed by atoms with Crippen molar-refractivity contribution < 1.29 is 19.7 Å². The molecule has 0 aliphatic carbocycles. The second-order valence-electron chi connectivity index (χ2n) is 4.60. The molecule has 6 nitrogen and oxygen atoms in total. The molecule has 1 amide bonds. The highest BCUT2D eigenvalue weighted by molar-refractivity contribution is 9.10. The molecule has 1 atom stereocenters. The van der Waals surface area contributed by atoms with Crippen LogP contribution in [0.25, 0.3) is 0 Å². The number of rotatable bonds is 5. The van der Waals surface area contributed by atoms with E-state index in [0.717, 1.165) is 0 Å². The number of nitrogens with one attached hydrogen (secondary N) is 1. The molecule has 0 fully saturated rings. The second-order valence-corrected chi connectivity index (χ2v) is 5.46. The van der Waals surface area contributed by atoms with Crippen LogP contribution in [0.2, 0.25) is 0 Å². The zero-order chi connectivity index (χ0) is 16.8. The van der Waals surface area contributed by atoms with Crippen molar-refractivity contribution in [3.63, 3.8) is 0 Å². The Hall–Kier alpha value is -2.38. The molecule has 0 unspecified atom stereocenters. The zero-order valence-corrected chi connectivity index (χ0v) is 13.8. The number of hydrazone groups is 1. The largest absolute Gasteiger partial charge is 0.503 e. The van der Waals surface area contributed by atoms with E-state index in [4.69, 9.17) is 4.74 Å². The van der Waals surface area contributed by atoms with E-state index < -0.39 is 12.0 Å². The lowest BCUT2D eigenvalue weighted by Crippen LogP contribution is -2.25. The molecule has 0 bridgehead atoms. The Balaban J connectivity index is 2.04. The number of methoxy groups -OCH3 is 1. The maximum atomic E-state index is 11.8. The van der Waals surface area contributed by atoms with E-state index in [1.54, 1.807) is 42.5 Å². The molecule has 120 valence electrons. The Morgan fingerprint density at radius 2 is 2.04 bits per heavy atom. The number of phenolic OH excluding ortho intramolecular Hbond substituents is 1. The summed E-state index contributed by atoms with van der Waals surface area (Å²) in [5.41, 5.74) is 3.34. The van der Waals surface area contributed by atoms with Crippen molar-refractivity contribution in [2.75, 3.05) is 7.11 Å². The van der Waals surface area contributed by atoms with E-state index in [1.807, 2.05) is 0 Å². The predicted molar refractivity (Wildman–Crippen MR) is 89.5 cm³/mol. The number of ether oxygens (including phenoxy) is 1.